The van der Waals surface area contributed by atoms with Crippen molar-refractivity contribution in [2.75, 3.05) is 14.2 Å². The van der Waals surface area contributed by atoms with Crippen LogP contribution in [-0.2, 0) is 4.74 Å². The normalized spacial score (nSPS) is 6.00. The van der Waals surface area contributed by atoms with Gasteiger partial charge < -0.3 is 26.4 Å². The molecule has 0 atom stereocenters. The standard InChI is InChI=1S/C2H4O2.C2H6O.CH4N2O/c1-2(3)4;1-3-2;2-1(3)4/h3-4H,1H2;1-2H3;(H4,2,3,4). The molecular formula is C5H14N2O4. The Hall–Kier alpha value is -1.43. The van der Waals surface area contributed by atoms with Gasteiger partial charge in [0.1, 0.15) is 0 Å². The van der Waals surface area contributed by atoms with Crippen molar-refractivity contribution >= 4 is 6.03 Å². The maximum absolute atomic E-state index is 9.00. The number of aliphatic hydroxyl groups is 2. The fourth-order valence-corrected chi connectivity index (χ4v) is 0. The van der Waals surface area contributed by atoms with Gasteiger partial charge in [0.2, 0.25) is 0 Å². The molecule has 6 heteroatoms. The minimum Gasteiger partial charge on any atom is -0.482 e. The smallest absolute Gasteiger partial charge is 0.309 e. The molecule has 0 saturated carbocycles. The van der Waals surface area contributed by atoms with Crippen molar-refractivity contribution in [3.8, 4) is 0 Å². The molecule has 0 aromatic heterocycles. The number of nitrogens with two attached hydrogens (primary N) is 2. The van der Waals surface area contributed by atoms with Crippen molar-refractivity contribution in [3.05, 3.63) is 12.5 Å². The molecule has 6 nitrogen and oxygen atoms in total. The number of carbonyl (C=O) groups excluding carboxylic acids is 1. The first kappa shape index (κ1) is 16.3. The summed E-state index contributed by atoms with van der Waals surface area (Å²) in [6.07, 6.45) is 0. The van der Waals surface area contributed by atoms with E-state index in [0.29, 0.717) is 0 Å². The molecule has 11 heavy (non-hydrogen) atoms. The summed E-state index contributed by atoms with van der Waals surface area (Å²) < 4.78 is 4.25. The molecule has 0 aromatic rings. The van der Waals surface area contributed by atoms with Crippen LogP contribution in [0.3, 0.4) is 0 Å². The van der Waals surface area contributed by atoms with Crippen LogP contribution in [0.15, 0.2) is 12.5 Å². The van der Waals surface area contributed by atoms with Crippen LogP contribution >= 0.6 is 0 Å². The Labute approximate surface area is 65.1 Å². The third-order valence-electron chi connectivity index (χ3n) is 0. The molecule has 0 spiro atoms. The van der Waals surface area contributed by atoms with Crippen molar-refractivity contribution in [3.63, 3.8) is 0 Å². The maximum Gasteiger partial charge on any atom is 0.309 e. The number of methoxy groups -OCH3 is 1. The summed E-state index contributed by atoms with van der Waals surface area (Å²) in [6, 6.07) is -0.833. The number of urea groups is 1. The molecule has 68 valence electrons. The molecule has 0 aliphatic carbocycles. The van der Waals surface area contributed by atoms with Crippen LogP contribution in [0.4, 0.5) is 4.79 Å². The highest BCUT2D eigenvalue weighted by molar-refractivity contribution is 5.69. The van der Waals surface area contributed by atoms with Gasteiger partial charge in [0.05, 0.1) is 0 Å². The number of carbonyl (C=O) groups is 1. The van der Waals surface area contributed by atoms with Crippen molar-refractivity contribution in [2.24, 2.45) is 11.5 Å². The lowest BCUT2D eigenvalue weighted by molar-refractivity contribution is 0.194. The molecule has 0 bridgehead atoms. The van der Waals surface area contributed by atoms with Gasteiger partial charge in [0.25, 0.3) is 5.95 Å². The monoisotopic (exact) mass is 166 g/mol. The maximum atomic E-state index is 9.00. The Morgan fingerprint density at radius 1 is 1.36 bits per heavy atom. The fourth-order valence-electron chi connectivity index (χ4n) is 0. The molecular weight excluding hydrogens is 152 g/mol. The van der Waals surface area contributed by atoms with E-state index in [9.17, 15) is 0 Å². The first-order valence-corrected chi connectivity index (χ1v) is 2.40. The van der Waals surface area contributed by atoms with Crippen LogP contribution in [0.5, 0.6) is 0 Å². The van der Waals surface area contributed by atoms with Crippen LogP contribution < -0.4 is 11.5 Å². The van der Waals surface area contributed by atoms with E-state index < -0.39 is 12.0 Å². The highest BCUT2D eigenvalue weighted by Crippen LogP contribution is 1.58. The average Bonchev–Trinajstić information content (AvgIpc) is 1.60. The van der Waals surface area contributed by atoms with E-state index in [2.05, 4.69) is 22.8 Å². The van der Waals surface area contributed by atoms with E-state index in [1.807, 2.05) is 0 Å². The number of primary amides is 2. The Morgan fingerprint density at radius 3 is 1.36 bits per heavy atom. The van der Waals surface area contributed by atoms with Gasteiger partial charge in [-0.15, -0.1) is 0 Å². The lowest BCUT2D eigenvalue weighted by Crippen LogP contribution is -2.18. The van der Waals surface area contributed by atoms with Crippen LogP contribution in [-0.4, -0.2) is 30.5 Å². The molecule has 0 aliphatic heterocycles. The van der Waals surface area contributed by atoms with E-state index in [0.717, 1.165) is 0 Å². The van der Waals surface area contributed by atoms with Gasteiger partial charge in [-0.1, -0.05) is 0 Å². The molecule has 0 fully saturated rings. The number of aliphatic hydroxyl groups excluding tert-OH is 1. The summed E-state index contributed by atoms with van der Waals surface area (Å²) in [5.74, 6) is -0.833. The van der Waals surface area contributed by atoms with Gasteiger partial charge in [-0.25, -0.2) is 4.79 Å². The minimum atomic E-state index is -0.833. The summed E-state index contributed by atoms with van der Waals surface area (Å²) in [5, 5.41) is 14.8. The van der Waals surface area contributed by atoms with Crippen molar-refractivity contribution in [1.82, 2.24) is 0 Å². The lowest BCUT2D eigenvalue weighted by Gasteiger charge is -1.69. The Bertz CT molecular complexity index is 84.7. The molecule has 0 heterocycles. The van der Waals surface area contributed by atoms with Gasteiger partial charge >= 0.3 is 6.03 Å². The predicted molar refractivity (Wildman–Crippen MR) is 41.1 cm³/mol. The van der Waals surface area contributed by atoms with E-state index in [1.165, 1.54) is 0 Å². The number of ether oxygens (including phenoxy) is 1. The topological polar surface area (TPSA) is 119 Å². The van der Waals surface area contributed by atoms with E-state index in [1.54, 1.807) is 14.2 Å². The van der Waals surface area contributed by atoms with Crippen molar-refractivity contribution in [1.29, 1.82) is 0 Å². The second kappa shape index (κ2) is 15.8. The molecule has 2 amide bonds. The molecule has 0 aromatic carbocycles. The zero-order valence-electron chi connectivity index (χ0n) is 6.57. The Morgan fingerprint density at radius 2 is 1.36 bits per heavy atom. The van der Waals surface area contributed by atoms with E-state index >= 15 is 0 Å². The molecule has 0 rings (SSSR count). The third kappa shape index (κ3) is 181. The lowest BCUT2D eigenvalue weighted by atomic mass is 11.1. The van der Waals surface area contributed by atoms with Crippen LogP contribution in [0, 0.1) is 0 Å². The van der Waals surface area contributed by atoms with Gasteiger partial charge in [-0.2, -0.15) is 0 Å². The second-order valence-corrected chi connectivity index (χ2v) is 1.23. The Balaban J connectivity index is -0.0000000886. The van der Waals surface area contributed by atoms with Crippen LogP contribution in [0.25, 0.3) is 0 Å². The number of hydrogen-bond acceptors (Lipinski definition) is 4. The predicted octanol–water partition coefficient (Wildman–Crippen LogP) is -0.140. The SMILES string of the molecule is C=C(O)O.COC.NC(N)=O. The summed E-state index contributed by atoms with van der Waals surface area (Å²) in [4.78, 5) is 9.00. The van der Waals surface area contributed by atoms with Gasteiger partial charge in [0, 0.05) is 14.2 Å². The zero-order valence-corrected chi connectivity index (χ0v) is 6.57. The molecule has 0 aliphatic rings. The average molecular weight is 166 g/mol. The molecule has 0 unspecified atom stereocenters. The molecule has 6 N–H and O–H groups in total. The van der Waals surface area contributed by atoms with Crippen molar-refractivity contribution in [2.45, 2.75) is 0 Å². The summed E-state index contributed by atoms with van der Waals surface area (Å²) in [6.45, 7) is 2.67. The van der Waals surface area contributed by atoms with Gasteiger partial charge in [-0.05, 0) is 6.58 Å². The van der Waals surface area contributed by atoms with E-state index in [4.69, 9.17) is 15.0 Å². The second-order valence-electron chi connectivity index (χ2n) is 1.23. The first-order valence-electron chi connectivity index (χ1n) is 2.40. The molecule has 0 radical (unpaired) electrons. The number of amides is 2. The van der Waals surface area contributed by atoms with Crippen LogP contribution in [0.1, 0.15) is 0 Å². The minimum absolute atomic E-state index is 0.833. The first-order chi connectivity index (χ1) is 4.88. The molecule has 0 saturated heterocycles. The highest BCUT2D eigenvalue weighted by atomic mass is 16.5. The fraction of sp³-hybridized carbons (Fsp3) is 0.400. The summed E-state index contributed by atoms with van der Waals surface area (Å²) in [7, 11) is 3.25. The van der Waals surface area contributed by atoms with Crippen molar-refractivity contribution < 1.29 is 19.7 Å². The van der Waals surface area contributed by atoms with Gasteiger partial charge in [0.15, 0.2) is 0 Å². The quantitative estimate of drug-likeness (QED) is 0.374. The van der Waals surface area contributed by atoms with Crippen LogP contribution in [0.2, 0.25) is 0 Å². The van der Waals surface area contributed by atoms with Gasteiger partial charge in [-0.3, -0.25) is 0 Å². The number of rotatable bonds is 0. The summed E-state index contributed by atoms with van der Waals surface area (Å²) in [5.41, 5.74) is 8.50. The largest absolute Gasteiger partial charge is 0.482 e. The van der Waals surface area contributed by atoms with E-state index in [-0.39, 0.29) is 0 Å². The number of hydrogen-bond donors (Lipinski definition) is 4. The highest BCUT2D eigenvalue weighted by Gasteiger charge is 1.60. The zero-order chi connectivity index (χ0) is 9.86. The Kier molecular flexibility index (Phi) is 23.4. The summed E-state index contributed by atoms with van der Waals surface area (Å²) >= 11 is 0. The third-order valence-corrected chi connectivity index (χ3v) is 0.